The van der Waals surface area contributed by atoms with Gasteiger partial charge >= 0.3 is 0 Å². The molecule has 0 bridgehead atoms. The zero-order chi connectivity index (χ0) is 31.8. The van der Waals surface area contributed by atoms with Crippen molar-refractivity contribution in [1.82, 2.24) is 4.57 Å². The second kappa shape index (κ2) is 10.2. The van der Waals surface area contributed by atoms with Gasteiger partial charge in [-0.1, -0.05) is 109 Å². The number of para-hydroxylation sites is 2. The number of nitrogens with zero attached hydrogens (tertiary/aromatic N) is 2. The quantitative estimate of drug-likeness (QED) is 0.187. The molecule has 0 N–H and O–H groups in total. The Morgan fingerprint density at radius 2 is 0.938 bits per heavy atom. The van der Waals surface area contributed by atoms with Crippen molar-refractivity contribution in [3.05, 3.63) is 163 Å². The van der Waals surface area contributed by atoms with Crippen LogP contribution in [0.2, 0.25) is 0 Å². The Kier molecular flexibility index (Phi) is 5.64. The van der Waals surface area contributed by atoms with Crippen LogP contribution >= 0.6 is 0 Å². The van der Waals surface area contributed by atoms with Crippen LogP contribution in [0.5, 0.6) is 0 Å². The van der Waals surface area contributed by atoms with Gasteiger partial charge in [0.2, 0.25) is 0 Å². The molecule has 8 aromatic carbocycles. The number of benzene rings is 8. The van der Waals surface area contributed by atoms with Gasteiger partial charge in [-0.2, -0.15) is 5.26 Å². The smallest absolute Gasteiger partial charge is 0.135 e. The molecule has 0 aliphatic carbocycles. The van der Waals surface area contributed by atoms with Crippen LogP contribution in [0.25, 0.3) is 93.2 Å². The molecule has 0 unspecified atom stereocenters. The van der Waals surface area contributed by atoms with Gasteiger partial charge in [-0.05, 0) is 92.3 Å². The van der Waals surface area contributed by atoms with Crippen molar-refractivity contribution in [2.75, 3.05) is 0 Å². The zero-order valence-corrected chi connectivity index (χ0v) is 25.8. The number of nitriles is 1. The van der Waals surface area contributed by atoms with Gasteiger partial charge in [0.05, 0.1) is 22.7 Å². The van der Waals surface area contributed by atoms with Crippen LogP contribution in [0, 0.1) is 11.3 Å². The summed E-state index contributed by atoms with van der Waals surface area (Å²) in [4.78, 5) is 0. The highest BCUT2D eigenvalue weighted by molar-refractivity contribution is 6.23. The third-order valence-electron chi connectivity index (χ3n) is 9.80. The summed E-state index contributed by atoms with van der Waals surface area (Å²) < 4.78 is 8.48. The van der Waals surface area contributed by atoms with Gasteiger partial charge < -0.3 is 8.98 Å². The van der Waals surface area contributed by atoms with Crippen molar-refractivity contribution in [2.45, 2.75) is 0 Å². The molecule has 0 saturated heterocycles. The van der Waals surface area contributed by atoms with Crippen molar-refractivity contribution in [3.63, 3.8) is 0 Å². The van der Waals surface area contributed by atoms with Gasteiger partial charge in [0.25, 0.3) is 0 Å². The zero-order valence-electron chi connectivity index (χ0n) is 25.8. The number of rotatable bonds is 3. The van der Waals surface area contributed by atoms with Gasteiger partial charge in [-0.25, -0.2) is 0 Å². The van der Waals surface area contributed by atoms with Crippen LogP contribution < -0.4 is 0 Å². The van der Waals surface area contributed by atoms with E-state index in [1.54, 1.807) is 0 Å². The van der Waals surface area contributed by atoms with E-state index in [-0.39, 0.29) is 0 Å². The molecule has 0 radical (unpaired) electrons. The third-order valence-corrected chi connectivity index (χ3v) is 9.80. The largest absolute Gasteiger partial charge is 0.456 e. The predicted molar refractivity (Wildman–Crippen MR) is 199 cm³/mol. The molecular weight excluding hydrogens is 585 g/mol. The summed E-state index contributed by atoms with van der Waals surface area (Å²) >= 11 is 0. The Balaban J connectivity index is 1.29. The third kappa shape index (κ3) is 3.81. The molecule has 0 aliphatic heterocycles. The van der Waals surface area contributed by atoms with E-state index < -0.39 is 0 Å². The minimum Gasteiger partial charge on any atom is -0.456 e. The standard InChI is InChI=1S/C45H26N2O/c46-27-28-18-21-32-33-22-19-30(26-41(33)47(40(32)24-28)31-10-2-1-3-11-31)45-37-15-6-4-13-35(37)44(36-14-5-7-16-38(36)45)29-20-23-43-39(25-29)34-12-8-9-17-42(34)48-43/h1-26H. The molecule has 0 spiro atoms. The summed E-state index contributed by atoms with van der Waals surface area (Å²) in [5.74, 6) is 0. The molecule has 2 aromatic heterocycles. The molecule has 222 valence electrons. The molecule has 0 saturated carbocycles. The molecule has 2 heterocycles. The highest BCUT2D eigenvalue weighted by atomic mass is 16.3. The SMILES string of the molecule is N#Cc1ccc2c3ccc(-c4c5ccccc5c(-c5ccc6oc7ccccc7c6c5)c5ccccc45)cc3n(-c3ccccc3)c2c1. The summed E-state index contributed by atoms with van der Waals surface area (Å²) in [6.07, 6.45) is 0. The maximum absolute atomic E-state index is 9.76. The maximum Gasteiger partial charge on any atom is 0.135 e. The molecule has 0 aliphatic rings. The Bertz CT molecular complexity index is 2900. The summed E-state index contributed by atoms with van der Waals surface area (Å²) in [7, 11) is 0. The molecule has 3 heteroatoms. The van der Waals surface area contributed by atoms with Crippen LogP contribution in [0.4, 0.5) is 0 Å². The summed E-state index contributed by atoms with van der Waals surface area (Å²) in [6, 6.07) is 58.0. The van der Waals surface area contributed by atoms with E-state index in [1.807, 2.05) is 30.3 Å². The molecule has 10 aromatic rings. The fourth-order valence-corrected chi connectivity index (χ4v) is 7.73. The van der Waals surface area contributed by atoms with Crippen molar-refractivity contribution in [3.8, 4) is 34.0 Å². The normalized spacial score (nSPS) is 11.7. The minimum absolute atomic E-state index is 0.650. The highest BCUT2D eigenvalue weighted by Crippen LogP contribution is 2.46. The molecule has 3 nitrogen and oxygen atoms in total. The van der Waals surface area contributed by atoms with E-state index in [9.17, 15) is 5.26 Å². The fraction of sp³-hybridized carbons (Fsp3) is 0. The number of fused-ring (bicyclic) bond motifs is 8. The van der Waals surface area contributed by atoms with Crippen LogP contribution in [-0.4, -0.2) is 4.57 Å². The first-order valence-corrected chi connectivity index (χ1v) is 16.2. The maximum atomic E-state index is 9.76. The Morgan fingerprint density at radius 3 is 1.60 bits per heavy atom. The molecule has 48 heavy (non-hydrogen) atoms. The Labute approximate surface area is 276 Å². The van der Waals surface area contributed by atoms with Crippen LogP contribution in [-0.2, 0) is 0 Å². The van der Waals surface area contributed by atoms with E-state index in [0.29, 0.717) is 5.56 Å². The number of furan rings is 1. The number of hydrogen-bond donors (Lipinski definition) is 0. The van der Waals surface area contributed by atoms with Crippen molar-refractivity contribution in [2.24, 2.45) is 0 Å². The van der Waals surface area contributed by atoms with Gasteiger partial charge in [0.1, 0.15) is 11.2 Å². The molecule has 0 amide bonds. The summed E-state index contributed by atoms with van der Waals surface area (Å²) in [6.45, 7) is 0. The number of hydrogen-bond acceptors (Lipinski definition) is 2. The van der Waals surface area contributed by atoms with E-state index in [0.717, 1.165) is 55.0 Å². The predicted octanol–water partition coefficient (Wildman–Crippen LogP) is 12.2. The summed E-state index contributed by atoms with van der Waals surface area (Å²) in [5, 5.41) is 19.1. The first-order chi connectivity index (χ1) is 23.8. The van der Waals surface area contributed by atoms with Crippen molar-refractivity contribution >= 4 is 65.3 Å². The lowest BCUT2D eigenvalue weighted by atomic mass is 9.85. The number of aromatic nitrogens is 1. The monoisotopic (exact) mass is 610 g/mol. The average Bonchev–Trinajstić information content (AvgIpc) is 3.68. The van der Waals surface area contributed by atoms with Crippen molar-refractivity contribution < 1.29 is 4.42 Å². The molecule has 0 atom stereocenters. The van der Waals surface area contributed by atoms with E-state index in [1.165, 1.54) is 38.2 Å². The molecular formula is C45H26N2O. The Hall–Kier alpha value is -6.63. The van der Waals surface area contributed by atoms with Gasteiger partial charge in [0.15, 0.2) is 0 Å². The van der Waals surface area contributed by atoms with Gasteiger partial charge in [-0.15, -0.1) is 0 Å². The highest BCUT2D eigenvalue weighted by Gasteiger charge is 2.20. The van der Waals surface area contributed by atoms with E-state index in [2.05, 4.69) is 138 Å². The van der Waals surface area contributed by atoms with Crippen molar-refractivity contribution in [1.29, 1.82) is 5.26 Å². The lowest BCUT2D eigenvalue weighted by molar-refractivity contribution is 0.669. The van der Waals surface area contributed by atoms with Gasteiger partial charge in [0, 0.05) is 27.2 Å². The topological polar surface area (TPSA) is 41.9 Å². The molecule has 10 rings (SSSR count). The first-order valence-electron chi connectivity index (χ1n) is 16.2. The minimum atomic E-state index is 0.650. The van der Waals surface area contributed by atoms with Gasteiger partial charge in [-0.3, -0.25) is 0 Å². The van der Waals surface area contributed by atoms with Crippen LogP contribution in [0.15, 0.2) is 162 Å². The van der Waals surface area contributed by atoms with Crippen LogP contribution in [0.1, 0.15) is 5.56 Å². The fourth-order valence-electron chi connectivity index (χ4n) is 7.73. The van der Waals surface area contributed by atoms with E-state index >= 15 is 0 Å². The van der Waals surface area contributed by atoms with Crippen LogP contribution in [0.3, 0.4) is 0 Å². The second-order valence-corrected chi connectivity index (χ2v) is 12.4. The summed E-state index contributed by atoms with van der Waals surface area (Å²) in [5.41, 5.74) is 10.4. The molecule has 0 fully saturated rings. The lowest BCUT2D eigenvalue weighted by Gasteiger charge is -2.18. The average molecular weight is 611 g/mol. The van der Waals surface area contributed by atoms with E-state index in [4.69, 9.17) is 4.42 Å². The first kappa shape index (κ1) is 26.6. The lowest BCUT2D eigenvalue weighted by Crippen LogP contribution is -1.94. The Morgan fingerprint density at radius 1 is 0.417 bits per heavy atom. The second-order valence-electron chi connectivity index (χ2n) is 12.4.